The van der Waals surface area contributed by atoms with Crippen LogP contribution in [0.15, 0.2) is 28.7 Å². The number of likely N-dealkylation sites (tertiary alicyclic amines) is 1. The summed E-state index contributed by atoms with van der Waals surface area (Å²) in [6, 6.07) is 9.10. The molecule has 3 atom stereocenters. The van der Waals surface area contributed by atoms with Gasteiger partial charge >= 0.3 is 0 Å². The largest absolute Gasteiger partial charge is 0.326 e. The van der Waals surface area contributed by atoms with Crippen LogP contribution in [0.25, 0.3) is 0 Å². The Bertz CT molecular complexity index is 405. The highest BCUT2D eigenvalue weighted by Crippen LogP contribution is 2.32. The molecule has 0 aliphatic carbocycles. The van der Waals surface area contributed by atoms with Crippen LogP contribution in [0.1, 0.15) is 44.7 Å². The van der Waals surface area contributed by atoms with Crippen molar-refractivity contribution >= 4 is 15.9 Å². The van der Waals surface area contributed by atoms with Gasteiger partial charge in [0.2, 0.25) is 0 Å². The molecule has 19 heavy (non-hydrogen) atoms. The molecule has 3 unspecified atom stereocenters. The molecule has 1 aromatic rings. The van der Waals surface area contributed by atoms with Crippen LogP contribution in [-0.4, -0.2) is 24.0 Å². The van der Waals surface area contributed by atoms with Gasteiger partial charge < -0.3 is 5.73 Å². The van der Waals surface area contributed by atoms with Gasteiger partial charge in [-0.15, -0.1) is 0 Å². The Labute approximate surface area is 125 Å². The van der Waals surface area contributed by atoms with E-state index < -0.39 is 0 Å². The molecule has 1 aliphatic heterocycles. The SMILES string of the molecule is CCCC1CCN(C(c2cccc(Br)c2)C(C)N)C1. The summed E-state index contributed by atoms with van der Waals surface area (Å²) in [4.78, 5) is 2.58. The van der Waals surface area contributed by atoms with Gasteiger partial charge in [-0.3, -0.25) is 4.90 Å². The number of nitrogens with two attached hydrogens (primary N) is 1. The molecule has 0 bridgehead atoms. The molecular formula is C16H25BrN2. The third-order valence-electron chi connectivity index (χ3n) is 4.10. The predicted octanol–water partition coefficient (Wildman–Crippen LogP) is 3.96. The Morgan fingerprint density at radius 3 is 2.89 bits per heavy atom. The van der Waals surface area contributed by atoms with E-state index in [0.717, 1.165) is 10.4 Å². The third kappa shape index (κ3) is 3.80. The summed E-state index contributed by atoms with van der Waals surface area (Å²) >= 11 is 3.57. The first kappa shape index (κ1) is 15.0. The predicted molar refractivity (Wildman–Crippen MR) is 85.1 cm³/mol. The molecule has 1 heterocycles. The van der Waals surface area contributed by atoms with Crippen LogP contribution >= 0.6 is 15.9 Å². The lowest BCUT2D eigenvalue weighted by atomic mass is 9.99. The summed E-state index contributed by atoms with van der Waals surface area (Å²) in [6.07, 6.45) is 3.96. The highest BCUT2D eigenvalue weighted by Gasteiger charge is 2.30. The highest BCUT2D eigenvalue weighted by atomic mass is 79.9. The lowest BCUT2D eigenvalue weighted by Gasteiger charge is -2.31. The standard InChI is InChI=1S/C16H25BrN2/c1-3-5-13-8-9-19(11-13)16(12(2)18)14-6-4-7-15(17)10-14/h4,6-7,10,12-13,16H,3,5,8-9,11,18H2,1-2H3. The van der Waals surface area contributed by atoms with E-state index in [2.05, 4.69) is 58.9 Å². The molecule has 0 radical (unpaired) electrons. The van der Waals surface area contributed by atoms with Gasteiger partial charge in [-0.05, 0) is 49.9 Å². The van der Waals surface area contributed by atoms with E-state index in [1.165, 1.54) is 37.9 Å². The molecule has 1 saturated heterocycles. The van der Waals surface area contributed by atoms with Crippen LogP contribution in [0.2, 0.25) is 0 Å². The summed E-state index contributed by atoms with van der Waals surface area (Å²) in [5, 5.41) is 0. The Hall–Kier alpha value is -0.380. The molecule has 2 rings (SSSR count). The molecule has 2 N–H and O–H groups in total. The molecule has 0 aromatic heterocycles. The fourth-order valence-electron chi connectivity index (χ4n) is 3.30. The summed E-state index contributed by atoms with van der Waals surface area (Å²) in [5.41, 5.74) is 7.60. The van der Waals surface area contributed by atoms with E-state index in [1.807, 2.05) is 0 Å². The van der Waals surface area contributed by atoms with Crippen LogP contribution < -0.4 is 5.73 Å². The van der Waals surface area contributed by atoms with Crippen molar-refractivity contribution in [1.29, 1.82) is 0 Å². The minimum atomic E-state index is 0.162. The average Bonchev–Trinajstić information content (AvgIpc) is 2.78. The first-order chi connectivity index (χ1) is 9.11. The topological polar surface area (TPSA) is 29.3 Å². The maximum Gasteiger partial charge on any atom is 0.0496 e. The van der Waals surface area contributed by atoms with Gasteiger partial charge in [-0.1, -0.05) is 41.4 Å². The van der Waals surface area contributed by atoms with Crippen molar-refractivity contribution in [3.8, 4) is 0 Å². The van der Waals surface area contributed by atoms with Crippen molar-refractivity contribution in [1.82, 2.24) is 4.90 Å². The Morgan fingerprint density at radius 1 is 1.47 bits per heavy atom. The summed E-state index contributed by atoms with van der Waals surface area (Å²) in [5.74, 6) is 0.860. The van der Waals surface area contributed by atoms with Crippen molar-refractivity contribution in [2.45, 2.75) is 45.2 Å². The summed E-state index contributed by atoms with van der Waals surface area (Å²) < 4.78 is 1.14. The second kappa shape index (κ2) is 6.87. The highest BCUT2D eigenvalue weighted by molar-refractivity contribution is 9.10. The number of benzene rings is 1. The van der Waals surface area contributed by atoms with E-state index in [9.17, 15) is 0 Å². The fourth-order valence-corrected chi connectivity index (χ4v) is 3.71. The zero-order chi connectivity index (χ0) is 13.8. The lowest BCUT2D eigenvalue weighted by molar-refractivity contribution is 0.210. The molecule has 2 nitrogen and oxygen atoms in total. The zero-order valence-corrected chi connectivity index (χ0v) is 13.6. The summed E-state index contributed by atoms with van der Waals surface area (Å²) in [7, 11) is 0. The first-order valence-electron chi connectivity index (χ1n) is 7.37. The Balaban J connectivity index is 2.13. The van der Waals surface area contributed by atoms with Crippen molar-refractivity contribution in [2.24, 2.45) is 11.7 Å². The van der Waals surface area contributed by atoms with Crippen LogP contribution in [0.3, 0.4) is 0 Å². The second-order valence-electron chi connectivity index (χ2n) is 5.80. The smallest absolute Gasteiger partial charge is 0.0496 e. The Kier molecular flexibility index (Phi) is 5.43. The third-order valence-corrected chi connectivity index (χ3v) is 4.59. The van der Waals surface area contributed by atoms with Gasteiger partial charge in [0.05, 0.1) is 0 Å². The van der Waals surface area contributed by atoms with Crippen LogP contribution in [0, 0.1) is 5.92 Å². The van der Waals surface area contributed by atoms with E-state index in [0.29, 0.717) is 6.04 Å². The minimum absolute atomic E-state index is 0.162. The first-order valence-corrected chi connectivity index (χ1v) is 8.16. The lowest BCUT2D eigenvalue weighted by Crippen LogP contribution is -2.38. The molecular weight excluding hydrogens is 300 g/mol. The minimum Gasteiger partial charge on any atom is -0.326 e. The average molecular weight is 325 g/mol. The molecule has 106 valence electrons. The van der Waals surface area contributed by atoms with Gasteiger partial charge in [0, 0.05) is 23.1 Å². The number of hydrogen-bond donors (Lipinski definition) is 1. The molecule has 0 spiro atoms. The molecule has 0 amide bonds. The number of halogens is 1. The van der Waals surface area contributed by atoms with E-state index in [4.69, 9.17) is 5.73 Å². The normalized spacial score (nSPS) is 23.5. The van der Waals surface area contributed by atoms with Crippen molar-refractivity contribution < 1.29 is 0 Å². The number of rotatable bonds is 5. The van der Waals surface area contributed by atoms with Gasteiger partial charge in [0.25, 0.3) is 0 Å². The van der Waals surface area contributed by atoms with Crippen molar-refractivity contribution in [2.75, 3.05) is 13.1 Å². The maximum atomic E-state index is 6.26. The Morgan fingerprint density at radius 2 is 2.26 bits per heavy atom. The van der Waals surface area contributed by atoms with E-state index in [1.54, 1.807) is 0 Å². The monoisotopic (exact) mass is 324 g/mol. The fraction of sp³-hybridized carbons (Fsp3) is 0.625. The van der Waals surface area contributed by atoms with Crippen LogP contribution in [-0.2, 0) is 0 Å². The van der Waals surface area contributed by atoms with Crippen molar-refractivity contribution in [3.63, 3.8) is 0 Å². The zero-order valence-electron chi connectivity index (χ0n) is 12.0. The van der Waals surface area contributed by atoms with Crippen molar-refractivity contribution in [3.05, 3.63) is 34.3 Å². The molecule has 0 saturated carbocycles. The maximum absolute atomic E-state index is 6.26. The van der Waals surface area contributed by atoms with Gasteiger partial charge in [0.1, 0.15) is 0 Å². The molecule has 3 heteroatoms. The second-order valence-corrected chi connectivity index (χ2v) is 6.71. The van der Waals surface area contributed by atoms with Crippen LogP contribution in [0.4, 0.5) is 0 Å². The number of hydrogen-bond acceptors (Lipinski definition) is 2. The summed E-state index contributed by atoms with van der Waals surface area (Å²) in [6.45, 7) is 6.79. The van der Waals surface area contributed by atoms with E-state index in [-0.39, 0.29) is 6.04 Å². The molecule has 1 fully saturated rings. The van der Waals surface area contributed by atoms with Crippen LogP contribution in [0.5, 0.6) is 0 Å². The number of nitrogens with zero attached hydrogens (tertiary/aromatic N) is 1. The molecule has 1 aromatic carbocycles. The molecule has 1 aliphatic rings. The van der Waals surface area contributed by atoms with Gasteiger partial charge in [0.15, 0.2) is 0 Å². The van der Waals surface area contributed by atoms with Gasteiger partial charge in [-0.2, -0.15) is 0 Å². The quantitative estimate of drug-likeness (QED) is 0.888. The van der Waals surface area contributed by atoms with E-state index >= 15 is 0 Å². The van der Waals surface area contributed by atoms with Gasteiger partial charge in [-0.25, -0.2) is 0 Å².